The fourth-order valence-electron chi connectivity index (χ4n) is 3.33. The molecular formula is C22H25N3O3. The second kappa shape index (κ2) is 9.77. The number of ether oxygens (including phenoxy) is 1. The van der Waals surface area contributed by atoms with E-state index >= 15 is 0 Å². The molecule has 1 amide bonds. The monoisotopic (exact) mass is 379 g/mol. The Morgan fingerprint density at radius 2 is 2.11 bits per heavy atom. The third kappa shape index (κ3) is 5.24. The van der Waals surface area contributed by atoms with E-state index in [2.05, 4.69) is 11.4 Å². The molecule has 1 aliphatic heterocycles. The fourth-order valence-corrected chi connectivity index (χ4v) is 3.33. The Hall–Kier alpha value is -3.04. The van der Waals surface area contributed by atoms with Crippen molar-refractivity contribution in [1.29, 1.82) is 5.26 Å². The van der Waals surface area contributed by atoms with Gasteiger partial charge in [0.15, 0.2) is 0 Å². The smallest absolute Gasteiger partial charge is 0.253 e. The first-order valence-corrected chi connectivity index (χ1v) is 9.56. The van der Waals surface area contributed by atoms with Crippen molar-refractivity contribution in [1.82, 2.24) is 4.90 Å². The van der Waals surface area contributed by atoms with Crippen molar-refractivity contribution >= 4 is 11.6 Å². The van der Waals surface area contributed by atoms with Crippen LogP contribution in [0.3, 0.4) is 0 Å². The Morgan fingerprint density at radius 1 is 1.29 bits per heavy atom. The predicted molar refractivity (Wildman–Crippen MR) is 107 cm³/mol. The Morgan fingerprint density at radius 3 is 2.86 bits per heavy atom. The fraction of sp³-hybridized carbons (Fsp3) is 0.364. The second-order valence-corrected chi connectivity index (χ2v) is 6.93. The average Bonchev–Trinajstić information content (AvgIpc) is 2.77. The molecule has 2 aromatic carbocycles. The Kier molecular flexibility index (Phi) is 6.88. The van der Waals surface area contributed by atoms with E-state index in [1.54, 1.807) is 24.3 Å². The first-order valence-electron chi connectivity index (χ1n) is 9.56. The lowest BCUT2D eigenvalue weighted by Gasteiger charge is -2.32. The summed E-state index contributed by atoms with van der Waals surface area (Å²) in [6.45, 7) is 2.55. The van der Waals surface area contributed by atoms with Crippen LogP contribution >= 0.6 is 0 Å². The molecule has 1 heterocycles. The number of nitrogens with one attached hydrogen (secondary N) is 1. The van der Waals surface area contributed by atoms with Crippen molar-refractivity contribution in [3.05, 3.63) is 59.7 Å². The molecule has 1 saturated heterocycles. The summed E-state index contributed by atoms with van der Waals surface area (Å²) in [4.78, 5) is 14.6. The highest BCUT2D eigenvalue weighted by Crippen LogP contribution is 2.19. The molecule has 2 aromatic rings. The van der Waals surface area contributed by atoms with Gasteiger partial charge in [-0.1, -0.05) is 6.07 Å². The van der Waals surface area contributed by atoms with E-state index in [9.17, 15) is 9.90 Å². The van der Waals surface area contributed by atoms with E-state index in [0.29, 0.717) is 36.6 Å². The molecule has 0 radical (unpaired) electrons. The van der Waals surface area contributed by atoms with Gasteiger partial charge in [-0.25, -0.2) is 0 Å². The van der Waals surface area contributed by atoms with Crippen molar-refractivity contribution in [2.75, 3.05) is 38.2 Å². The van der Waals surface area contributed by atoms with Crippen LogP contribution in [-0.2, 0) is 0 Å². The van der Waals surface area contributed by atoms with Crippen LogP contribution in [0.1, 0.15) is 28.8 Å². The molecule has 1 unspecified atom stereocenters. The van der Waals surface area contributed by atoms with E-state index in [0.717, 1.165) is 25.1 Å². The first-order chi connectivity index (χ1) is 13.7. The van der Waals surface area contributed by atoms with Crippen LogP contribution in [0.15, 0.2) is 48.5 Å². The van der Waals surface area contributed by atoms with Gasteiger partial charge in [-0.15, -0.1) is 0 Å². The molecule has 146 valence electrons. The number of benzene rings is 2. The molecule has 0 saturated carbocycles. The normalized spacial score (nSPS) is 16.3. The van der Waals surface area contributed by atoms with Gasteiger partial charge >= 0.3 is 0 Å². The van der Waals surface area contributed by atoms with Crippen LogP contribution in [0.2, 0.25) is 0 Å². The van der Waals surface area contributed by atoms with Gasteiger partial charge in [0, 0.05) is 37.5 Å². The predicted octanol–water partition coefficient (Wildman–Crippen LogP) is 2.89. The summed E-state index contributed by atoms with van der Waals surface area (Å²) in [7, 11) is 0. The molecule has 0 aliphatic carbocycles. The van der Waals surface area contributed by atoms with Gasteiger partial charge in [-0.05, 0) is 61.2 Å². The lowest BCUT2D eigenvalue weighted by molar-refractivity contribution is 0.0621. The third-order valence-electron chi connectivity index (χ3n) is 4.86. The quantitative estimate of drug-likeness (QED) is 0.723. The molecule has 2 N–H and O–H groups in total. The summed E-state index contributed by atoms with van der Waals surface area (Å²) in [6, 6.07) is 16.5. The van der Waals surface area contributed by atoms with Crippen LogP contribution in [0.5, 0.6) is 5.75 Å². The van der Waals surface area contributed by atoms with E-state index in [1.807, 2.05) is 29.2 Å². The van der Waals surface area contributed by atoms with E-state index in [4.69, 9.17) is 10.00 Å². The number of likely N-dealkylation sites (tertiary alicyclic amines) is 1. The summed E-state index contributed by atoms with van der Waals surface area (Å²) in [5, 5.41) is 21.4. The van der Waals surface area contributed by atoms with Gasteiger partial charge in [0.25, 0.3) is 5.91 Å². The lowest BCUT2D eigenvalue weighted by Crippen LogP contribution is -2.40. The molecule has 6 heteroatoms. The molecule has 0 spiro atoms. The standard InChI is InChI=1S/C22H25N3O3/c23-14-17-6-8-21(9-7-17)28-12-10-24-20-5-1-4-19(13-20)22(27)25-11-2-3-18(15-25)16-26/h1,4-9,13,18,24,26H,2-3,10-12,15-16H2. The number of aliphatic hydroxyl groups is 1. The van der Waals surface area contributed by atoms with Crippen molar-refractivity contribution in [3.8, 4) is 11.8 Å². The highest BCUT2D eigenvalue weighted by atomic mass is 16.5. The number of hydrogen-bond donors (Lipinski definition) is 2. The zero-order valence-corrected chi connectivity index (χ0v) is 15.8. The molecular weight excluding hydrogens is 354 g/mol. The maximum Gasteiger partial charge on any atom is 0.253 e. The van der Waals surface area contributed by atoms with Crippen LogP contribution < -0.4 is 10.1 Å². The van der Waals surface area contributed by atoms with Crippen molar-refractivity contribution in [2.45, 2.75) is 12.8 Å². The summed E-state index contributed by atoms with van der Waals surface area (Å²) < 4.78 is 5.65. The van der Waals surface area contributed by atoms with Gasteiger partial charge in [0.05, 0.1) is 11.6 Å². The van der Waals surface area contributed by atoms with E-state index in [-0.39, 0.29) is 18.4 Å². The SMILES string of the molecule is N#Cc1ccc(OCCNc2cccc(C(=O)N3CCCC(CO)C3)c2)cc1. The molecule has 0 aromatic heterocycles. The summed E-state index contributed by atoms with van der Waals surface area (Å²) >= 11 is 0. The topological polar surface area (TPSA) is 85.6 Å². The minimum atomic E-state index is 0.00984. The zero-order chi connectivity index (χ0) is 19.8. The third-order valence-corrected chi connectivity index (χ3v) is 4.86. The molecule has 3 rings (SSSR count). The lowest BCUT2D eigenvalue weighted by atomic mass is 9.98. The van der Waals surface area contributed by atoms with Crippen LogP contribution in [0.25, 0.3) is 0 Å². The van der Waals surface area contributed by atoms with Crippen molar-refractivity contribution < 1.29 is 14.6 Å². The minimum Gasteiger partial charge on any atom is -0.492 e. The number of carbonyl (C=O) groups excluding carboxylic acids is 1. The molecule has 6 nitrogen and oxygen atoms in total. The van der Waals surface area contributed by atoms with Crippen LogP contribution in [0.4, 0.5) is 5.69 Å². The molecule has 0 bridgehead atoms. The Labute approximate surface area is 165 Å². The van der Waals surface area contributed by atoms with Crippen LogP contribution in [0, 0.1) is 17.2 Å². The van der Waals surface area contributed by atoms with Gasteiger partial charge < -0.3 is 20.1 Å². The van der Waals surface area contributed by atoms with E-state index < -0.39 is 0 Å². The van der Waals surface area contributed by atoms with Crippen LogP contribution in [-0.4, -0.2) is 48.8 Å². The number of piperidine rings is 1. The van der Waals surface area contributed by atoms with Gasteiger partial charge in [0.2, 0.25) is 0 Å². The molecule has 1 aliphatic rings. The van der Waals surface area contributed by atoms with Crippen molar-refractivity contribution in [3.63, 3.8) is 0 Å². The van der Waals surface area contributed by atoms with Gasteiger partial charge in [-0.3, -0.25) is 4.79 Å². The molecule has 28 heavy (non-hydrogen) atoms. The van der Waals surface area contributed by atoms with Crippen molar-refractivity contribution in [2.24, 2.45) is 5.92 Å². The maximum absolute atomic E-state index is 12.7. The summed E-state index contributed by atoms with van der Waals surface area (Å²) in [6.07, 6.45) is 1.91. The highest BCUT2D eigenvalue weighted by Gasteiger charge is 2.24. The number of carbonyl (C=O) groups is 1. The molecule has 1 atom stereocenters. The summed E-state index contributed by atoms with van der Waals surface area (Å²) in [5.74, 6) is 0.905. The second-order valence-electron chi connectivity index (χ2n) is 6.93. The number of rotatable bonds is 7. The number of amides is 1. The largest absolute Gasteiger partial charge is 0.492 e. The average molecular weight is 379 g/mol. The summed E-state index contributed by atoms with van der Waals surface area (Å²) in [5.41, 5.74) is 2.12. The number of nitrogens with zero attached hydrogens (tertiary/aromatic N) is 2. The van der Waals surface area contributed by atoms with E-state index in [1.165, 1.54) is 0 Å². The number of anilines is 1. The van der Waals surface area contributed by atoms with Gasteiger partial charge in [0.1, 0.15) is 12.4 Å². The Balaban J connectivity index is 1.50. The van der Waals surface area contributed by atoms with Gasteiger partial charge in [-0.2, -0.15) is 5.26 Å². The zero-order valence-electron chi connectivity index (χ0n) is 15.8. The Bertz CT molecular complexity index is 830. The number of nitriles is 1. The maximum atomic E-state index is 12.7. The highest BCUT2D eigenvalue weighted by molar-refractivity contribution is 5.95. The molecule has 1 fully saturated rings. The number of hydrogen-bond acceptors (Lipinski definition) is 5. The first kappa shape index (κ1) is 19.7. The number of aliphatic hydroxyl groups excluding tert-OH is 1. The minimum absolute atomic E-state index is 0.00984.